The van der Waals surface area contributed by atoms with Crippen LogP contribution in [-0.4, -0.2) is 21.3 Å². The summed E-state index contributed by atoms with van der Waals surface area (Å²) in [4.78, 5) is 13.2. The lowest BCUT2D eigenvalue weighted by Crippen LogP contribution is -2.29. The first kappa shape index (κ1) is 21.0. The Kier molecular flexibility index (Phi) is 6.28. The molecule has 4 rings (SSSR count). The van der Waals surface area contributed by atoms with Crippen molar-refractivity contribution in [1.29, 1.82) is 0 Å². The van der Waals surface area contributed by atoms with Crippen molar-refractivity contribution in [3.63, 3.8) is 0 Å². The van der Waals surface area contributed by atoms with Gasteiger partial charge in [0, 0.05) is 24.3 Å². The van der Waals surface area contributed by atoms with E-state index < -0.39 is 0 Å². The molecule has 5 nitrogen and oxygen atoms in total. The smallest absolute Gasteiger partial charge is 0.255 e. The van der Waals surface area contributed by atoms with Gasteiger partial charge in [0.05, 0.1) is 11.2 Å². The second kappa shape index (κ2) is 9.27. The Morgan fingerprint density at radius 1 is 1.06 bits per heavy atom. The molecule has 2 aromatic heterocycles. The van der Waals surface area contributed by atoms with Crippen molar-refractivity contribution in [2.45, 2.75) is 39.8 Å². The van der Waals surface area contributed by atoms with E-state index >= 15 is 0 Å². The molecule has 0 bridgehead atoms. The van der Waals surface area contributed by atoms with Crippen LogP contribution in [0.5, 0.6) is 0 Å². The number of nitrogens with zero attached hydrogens (tertiary/aromatic N) is 2. The minimum atomic E-state index is -0.336. The molecule has 0 amide bonds. The maximum atomic E-state index is 13.9. The third-order valence-corrected chi connectivity index (χ3v) is 5.75. The number of benzene rings is 2. The highest BCUT2D eigenvalue weighted by atomic mass is 19.1. The van der Waals surface area contributed by atoms with Gasteiger partial charge in [-0.05, 0) is 74.0 Å². The van der Waals surface area contributed by atoms with Crippen molar-refractivity contribution < 1.29 is 4.39 Å². The van der Waals surface area contributed by atoms with Crippen LogP contribution in [0.25, 0.3) is 10.9 Å². The van der Waals surface area contributed by atoms with Gasteiger partial charge in [-0.15, -0.1) is 0 Å². The monoisotopic (exact) mass is 418 g/mol. The summed E-state index contributed by atoms with van der Waals surface area (Å²) in [5.74, 6) is -0.336. The Balaban J connectivity index is 1.54. The molecule has 0 aliphatic heterocycles. The Morgan fingerprint density at radius 3 is 2.61 bits per heavy atom. The molecule has 0 fully saturated rings. The number of H-pyrrole nitrogens is 1. The third-order valence-electron chi connectivity index (χ3n) is 5.75. The van der Waals surface area contributed by atoms with Crippen LogP contribution < -0.4 is 10.9 Å². The zero-order valence-electron chi connectivity index (χ0n) is 17.9. The molecule has 0 radical (unpaired) electrons. The van der Waals surface area contributed by atoms with Crippen molar-refractivity contribution >= 4 is 10.9 Å². The summed E-state index contributed by atoms with van der Waals surface area (Å²) in [6.45, 7) is 5.72. The largest absolute Gasteiger partial charge is 0.312 e. The quantitative estimate of drug-likeness (QED) is 0.424. The standard InChI is InChI=1S/C25H27FN4O/c1-17-23(18(2)29-28-17)10-12-27-16-21-14-20-8-9-22(26)15-24(20)30(25(21)31)13-11-19-6-4-3-5-7-19/h3-9,14-15,27H,10-13,16H2,1-2H3,(H,28,29). The fourth-order valence-electron chi connectivity index (χ4n) is 4.02. The summed E-state index contributed by atoms with van der Waals surface area (Å²) < 4.78 is 15.6. The van der Waals surface area contributed by atoms with Gasteiger partial charge in [0.1, 0.15) is 5.82 Å². The molecule has 2 N–H and O–H groups in total. The molecule has 31 heavy (non-hydrogen) atoms. The van der Waals surface area contributed by atoms with Crippen LogP contribution in [0.4, 0.5) is 4.39 Å². The second-order valence-corrected chi connectivity index (χ2v) is 7.90. The highest BCUT2D eigenvalue weighted by Crippen LogP contribution is 2.17. The number of aromatic nitrogens is 3. The minimum absolute atomic E-state index is 0.0720. The van der Waals surface area contributed by atoms with E-state index in [2.05, 4.69) is 15.5 Å². The van der Waals surface area contributed by atoms with Crippen LogP contribution in [0.3, 0.4) is 0 Å². The molecule has 4 aromatic rings. The van der Waals surface area contributed by atoms with Gasteiger partial charge in [0.25, 0.3) is 5.56 Å². The van der Waals surface area contributed by atoms with Crippen LogP contribution in [0.15, 0.2) is 59.4 Å². The van der Waals surface area contributed by atoms with Crippen molar-refractivity contribution in [1.82, 2.24) is 20.1 Å². The lowest BCUT2D eigenvalue weighted by molar-refractivity contribution is 0.623. The number of fused-ring (bicyclic) bond motifs is 1. The molecule has 0 spiro atoms. The van der Waals surface area contributed by atoms with Gasteiger partial charge in [-0.2, -0.15) is 5.10 Å². The Labute approximate surface area is 180 Å². The zero-order chi connectivity index (χ0) is 21.8. The van der Waals surface area contributed by atoms with E-state index in [1.165, 1.54) is 17.7 Å². The number of aromatic amines is 1. The van der Waals surface area contributed by atoms with E-state index in [0.29, 0.717) is 30.6 Å². The van der Waals surface area contributed by atoms with Gasteiger partial charge in [0.2, 0.25) is 0 Å². The van der Waals surface area contributed by atoms with Crippen molar-refractivity contribution in [3.05, 3.63) is 98.8 Å². The van der Waals surface area contributed by atoms with Gasteiger partial charge in [-0.1, -0.05) is 30.3 Å². The van der Waals surface area contributed by atoms with Gasteiger partial charge in [-0.25, -0.2) is 4.39 Å². The summed E-state index contributed by atoms with van der Waals surface area (Å²) in [7, 11) is 0. The predicted molar refractivity (Wildman–Crippen MR) is 122 cm³/mol. The van der Waals surface area contributed by atoms with Gasteiger partial charge < -0.3 is 9.88 Å². The molecule has 0 saturated heterocycles. The lowest BCUT2D eigenvalue weighted by atomic mass is 10.1. The van der Waals surface area contributed by atoms with Gasteiger partial charge in [0.15, 0.2) is 0 Å². The Bertz CT molecular complexity index is 1220. The van der Waals surface area contributed by atoms with Crippen LogP contribution >= 0.6 is 0 Å². The molecule has 160 valence electrons. The van der Waals surface area contributed by atoms with E-state index in [9.17, 15) is 9.18 Å². The Morgan fingerprint density at radius 2 is 1.87 bits per heavy atom. The summed E-state index contributed by atoms with van der Waals surface area (Å²) in [6, 6.07) is 16.5. The summed E-state index contributed by atoms with van der Waals surface area (Å²) >= 11 is 0. The minimum Gasteiger partial charge on any atom is -0.312 e. The number of pyridine rings is 1. The molecule has 2 heterocycles. The van der Waals surface area contributed by atoms with E-state index in [0.717, 1.165) is 35.3 Å². The SMILES string of the molecule is Cc1n[nH]c(C)c1CCNCc1cc2ccc(F)cc2n(CCc2ccccc2)c1=O. The first-order valence-corrected chi connectivity index (χ1v) is 10.6. The van der Waals surface area contributed by atoms with Crippen LogP contribution in [0, 0.1) is 19.7 Å². The number of halogens is 1. The molecule has 0 saturated carbocycles. The van der Waals surface area contributed by atoms with Crippen molar-refractivity contribution in [3.8, 4) is 0 Å². The molecule has 0 unspecified atom stereocenters. The average Bonchev–Trinajstić information content (AvgIpc) is 3.09. The fourth-order valence-corrected chi connectivity index (χ4v) is 4.02. The third kappa shape index (κ3) is 4.75. The van der Waals surface area contributed by atoms with Crippen LogP contribution in [-0.2, 0) is 25.9 Å². The lowest BCUT2D eigenvalue weighted by Gasteiger charge is -2.14. The van der Waals surface area contributed by atoms with Crippen molar-refractivity contribution in [2.24, 2.45) is 0 Å². The normalized spacial score (nSPS) is 11.3. The molecule has 2 aromatic carbocycles. The molecule has 0 atom stereocenters. The van der Waals surface area contributed by atoms with Gasteiger partial charge in [-0.3, -0.25) is 9.89 Å². The highest BCUT2D eigenvalue weighted by molar-refractivity contribution is 5.79. The predicted octanol–water partition coefficient (Wildman–Crippen LogP) is 4.06. The molecular formula is C25H27FN4O. The van der Waals surface area contributed by atoms with E-state index in [-0.39, 0.29) is 11.4 Å². The maximum absolute atomic E-state index is 13.9. The fraction of sp³-hybridized carbons (Fsp3) is 0.280. The number of rotatable bonds is 8. The number of aryl methyl sites for hydroxylation is 4. The first-order valence-electron chi connectivity index (χ1n) is 10.6. The summed E-state index contributed by atoms with van der Waals surface area (Å²) in [5, 5.41) is 11.5. The van der Waals surface area contributed by atoms with E-state index in [1.807, 2.05) is 50.2 Å². The number of nitrogens with one attached hydrogen (secondary N) is 2. The topological polar surface area (TPSA) is 62.7 Å². The molecule has 0 aliphatic rings. The maximum Gasteiger partial charge on any atom is 0.255 e. The molecule has 6 heteroatoms. The highest BCUT2D eigenvalue weighted by Gasteiger charge is 2.11. The summed E-state index contributed by atoms with van der Waals surface area (Å²) in [6.07, 6.45) is 1.55. The number of hydrogen-bond donors (Lipinski definition) is 2. The van der Waals surface area contributed by atoms with E-state index in [1.54, 1.807) is 10.6 Å². The van der Waals surface area contributed by atoms with E-state index in [4.69, 9.17) is 0 Å². The van der Waals surface area contributed by atoms with Crippen LogP contribution in [0.2, 0.25) is 0 Å². The second-order valence-electron chi connectivity index (χ2n) is 7.90. The van der Waals surface area contributed by atoms with Crippen molar-refractivity contribution in [2.75, 3.05) is 6.54 Å². The van der Waals surface area contributed by atoms with Gasteiger partial charge >= 0.3 is 0 Å². The van der Waals surface area contributed by atoms with Crippen LogP contribution in [0.1, 0.15) is 28.1 Å². The molecule has 0 aliphatic carbocycles. The molecular weight excluding hydrogens is 391 g/mol. The average molecular weight is 419 g/mol. The first-order chi connectivity index (χ1) is 15.0. The number of hydrogen-bond acceptors (Lipinski definition) is 3. The zero-order valence-corrected chi connectivity index (χ0v) is 17.9. The summed E-state index contributed by atoms with van der Waals surface area (Å²) in [5.41, 5.74) is 5.69. The Hall–Kier alpha value is -3.25.